The van der Waals surface area contributed by atoms with Crippen LogP contribution in [0.5, 0.6) is 0 Å². The number of nitrogens with one attached hydrogen (secondary N) is 1. The van der Waals surface area contributed by atoms with Crippen molar-refractivity contribution in [1.29, 1.82) is 0 Å². The minimum absolute atomic E-state index is 0. The summed E-state index contributed by atoms with van der Waals surface area (Å²) in [4.78, 5) is 8.99. The molecule has 1 N–H and O–H groups in total. The standard InChI is InChI=1S/C15H21N5O2.HI/c1-16-15(17-11-14-3-2-9-21-14)20-7-5-19(6-8-20)12-13-4-10-22-18-13;/h2-4,9-10H,5-8,11-12H2,1H3,(H,16,17);1H. The number of rotatable bonds is 4. The van der Waals surface area contributed by atoms with Crippen molar-refractivity contribution in [2.75, 3.05) is 33.2 Å². The van der Waals surface area contributed by atoms with E-state index >= 15 is 0 Å². The van der Waals surface area contributed by atoms with Crippen LogP contribution in [0, 0.1) is 0 Å². The number of aromatic nitrogens is 1. The van der Waals surface area contributed by atoms with E-state index in [1.54, 1.807) is 12.5 Å². The van der Waals surface area contributed by atoms with Crippen molar-refractivity contribution >= 4 is 29.9 Å². The fourth-order valence-electron chi connectivity index (χ4n) is 2.58. The van der Waals surface area contributed by atoms with Crippen molar-refractivity contribution in [3.05, 3.63) is 42.2 Å². The SMILES string of the molecule is CN=C(NCc1ccco1)N1CCN(Cc2ccon2)CC1.I. The van der Waals surface area contributed by atoms with E-state index in [1.165, 1.54) is 0 Å². The number of aliphatic imine (C=N–C) groups is 1. The lowest BCUT2D eigenvalue weighted by Crippen LogP contribution is -2.52. The van der Waals surface area contributed by atoms with Crippen molar-refractivity contribution < 1.29 is 8.94 Å². The van der Waals surface area contributed by atoms with Gasteiger partial charge in [-0.1, -0.05) is 5.16 Å². The number of halogens is 1. The fourth-order valence-corrected chi connectivity index (χ4v) is 2.58. The van der Waals surface area contributed by atoms with Crippen molar-refractivity contribution in [3.8, 4) is 0 Å². The molecule has 3 heterocycles. The van der Waals surface area contributed by atoms with Crippen LogP contribution in [0.2, 0.25) is 0 Å². The minimum atomic E-state index is 0. The van der Waals surface area contributed by atoms with Gasteiger partial charge in [0.15, 0.2) is 5.96 Å². The van der Waals surface area contributed by atoms with Gasteiger partial charge >= 0.3 is 0 Å². The van der Waals surface area contributed by atoms with Gasteiger partial charge in [-0.3, -0.25) is 9.89 Å². The predicted octanol–water partition coefficient (Wildman–Crippen LogP) is 1.78. The maximum absolute atomic E-state index is 5.33. The van der Waals surface area contributed by atoms with Crippen molar-refractivity contribution in [1.82, 2.24) is 20.3 Å². The molecule has 2 aromatic heterocycles. The second-order valence-electron chi connectivity index (χ2n) is 5.23. The van der Waals surface area contributed by atoms with Crippen LogP contribution in [0.15, 0.2) is 44.7 Å². The molecule has 0 spiro atoms. The van der Waals surface area contributed by atoms with E-state index in [1.807, 2.05) is 25.2 Å². The Bertz CT molecular complexity index is 577. The summed E-state index contributed by atoms with van der Waals surface area (Å²) in [5.41, 5.74) is 0.980. The lowest BCUT2D eigenvalue weighted by Gasteiger charge is -2.36. The molecule has 0 aliphatic carbocycles. The Morgan fingerprint density at radius 2 is 2.09 bits per heavy atom. The third-order valence-corrected chi connectivity index (χ3v) is 3.76. The maximum atomic E-state index is 5.33. The third-order valence-electron chi connectivity index (χ3n) is 3.76. The van der Waals surface area contributed by atoms with Gasteiger partial charge in [0.05, 0.1) is 18.5 Å². The van der Waals surface area contributed by atoms with E-state index in [2.05, 4.69) is 25.3 Å². The Morgan fingerprint density at radius 3 is 2.70 bits per heavy atom. The lowest BCUT2D eigenvalue weighted by atomic mass is 10.3. The summed E-state index contributed by atoms with van der Waals surface area (Å²) in [5.74, 6) is 1.82. The molecule has 1 saturated heterocycles. The van der Waals surface area contributed by atoms with Gasteiger partial charge < -0.3 is 19.2 Å². The summed E-state index contributed by atoms with van der Waals surface area (Å²) < 4.78 is 10.2. The van der Waals surface area contributed by atoms with Crippen LogP contribution in [-0.2, 0) is 13.1 Å². The van der Waals surface area contributed by atoms with Gasteiger partial charge in [0.2, 0.25) is 0 Å². The van der Waals surface area contributed by atoms with Gasteiger partial charge in [0, 0.05) is 45.8 Å². The van der Waals surface area contributed by atoms with Crippen LogP contribution in [0.3, 0.4) is 0 Å². The van der Waals surface area contributed by atoms with Crippen molar-refractivity contribution in [3.63, 3.8) is 0 Å². The fraction of sp³-hybridized carbons (Fsp3) is 0.467. The molecular weight excluding hydrogens is 409 g/mol. The molecule has 0 radical (unpaired) electrons. The van der Waals surface area contributed by atoms with E-state index in [4.69, 9.17) is 8.94 Å². The average Bonchev–Trinajstić information content (AvgIpc) is 3.23. The molecule has 1 aliphatic heterocycles. The van der Waals surface area contributed by atoms with Gasteiger partial charge in [-0.25, -0.2) is 0 Å². The van der Waals surface area contributed by atoms with E-state index in [0.717, 1.165) is 50.1 Å². The Hall–Kier alpha value is -1.55. The zero-order valence-electron chi connectivity index (χ0n) is 13.1. The first-order valence-corrected chi connectivity index (χ1v) is 7.45. The molecule has 7 nitrogen and oxygen atoms in total. The summed E-state index contributed by atoms with van der Waals surface area (Å²) in [7, 11) is 1.81. The molecule has 0 amide bonds. The quantitative estimate of drug-likeness (QED) is 0.452. The first-order valence-electron chi connectivity index (χ1n) is 7.45. The topological polar surface area (TPSA) is 70.0 Å². The summed E-state index contributed by atoms with van der Waals surface area (Å²) in [6, 6.07) is 5.76. The number of nitrogens with zero attached hydrogens (tertiary/aromatic N) is 4. The highest BCUT2D eigenvalue weighted by Gasteiger charge is 2.20. The molecule has 1 aliphatic rings. The Balaban J connectivity index is 0.00000192. The number of guanidine groups is 1. The van der Waals surface area contributed by atoms with Crippen LogP contribution in [0.1, 0.15) is 11.5 Å². The molecule has 126 valence electrons. The zero-order chi connectivity index (χ0) is 15.2. The number of hydrogen-bond donors (Lipinski definition) is 1. The number of hydrogen-bond acceptors (Lipinski definition) is 5. The Kier molecular flexibility index (Phi) is 6.90. The monoisotopic (exact) mass is 431 g/mol. The van der Waals surface area contributed by atoms with Crippen LogP contribution in [-0.4, -0.2) is 54.1 Å². The first-order chi connectivity index (χ1) is 10.8. The van der Waals surface area contributed by atoms with Crippen LogP contribution in [0.4, 0.5) is 0 Å². The Morgan fingerprint density at radius 1 is 1.26 bits per heavy atom. The van der Waals surface area contributed by atoms with Gasteiger partial charge in [0.25, 0.3) is 0 Å². The largest absolute Gasteiger partial charge is 0.467 e. The lowest BCUT2D eigenvalue weighted by molar-refractivity contribution is 0.169. The van der Waals surface area contributed by atoms with Crippen molar-refractivity contribution in [2.45, 2.75) is 13.1 Å². The number of furan rings is 1. The summed E-state index contributed by atoms with van der Waals surface area (Å²) >= 11 is 0. The molecule has 2 aromatic rings. The number of piperazine rings is 1. The van der Waals surface area contributed by atoms with Crippen LogP contribution >= 0.6 is 24.0 Å². The summed E-state index contributed by atoms with van der Waals surface area (Å²) in [6.07, 6.45) is 3.30. The van der Waals surface area contributed by atoms with Crippen LogP contribution in [0.25, 0.3) is 0 Å². The smallest absolute Gasteiger partial charge is 0.194 e. The average molecular weight is 431 g/mol. The molecule has 8 heteroatoms. The second kappa shape index (κ2) is 8.92. The molecule has 0 bridgehead atoms. The minimum Gasteiger partial charge on any atom is -0.467 e. The second-order valence-corrected chi connectivity index (χ2v) is 5.23. The maximum Gasteiger partial charge on any atom is 0.194 e. The normalized spacial score (nSPS) is 16.2. The van der Waals surface area contributed by atoms with E-state index in [0.29, 0.717) is 6.54 Å². The predicted molar refractivity (Wildman–Crippen MR) is 97.7 cm³/mol. The van der Waals surface area contributed by atoms with E-state index < -0.39 is 0 Å². The molecule has 0 unspecified atom stereocenters. The third kappa shape index (κ3) is 4.96. The Labute approximate surface area is 152 Å². The summed E-state index contributed by atoms with van der Waals surface area (Å²) in [5, 5.41) is 7.30. The van der Waals surface area contributed by atoms with Crippen LogP contribution < -0.4 is 5.32 Å². The molecule has 0 aromatic carbocycles. The van der Waals surface area contributed by atoms with Gasteiger partial charge in [-0.2, -0.15) is 0 Å². The molecule has 3 rings (SSSR count). The molecule has 1 fully saturated rings. The summed E-state index contributed by atoms with van der Waals surface area (Å²) in [6.45, 7) is 5.33. The first kappa shape index (κ1) is 17.8. The van der Waals surface area contributed by atoms with E-state index in [9.17, 15) is 0 Å². The van der Waals surface area contributed by atoms with E-state index in [-0.39, 0.29) is 24.0 Å². The zero-order valence-corrected chi connectivity index (χ0v) is 15.5. The molecule has 0 atom stereocenters. The molecular formula is C15H22IN5O2. The van der Waals surface area contributed by atoms with Crippen molar-refractivity contribution in [2.24, 2.45) is 4.99 Å². The van der Waals surface area contributed by atoms with Gasteiger partial charge in [-0.05, 0) is 12.1 Å². The highest BCUT2D eigenvalue weighted by atomic mass is 127. The molecule has 23 heavy (non-hydrogen) atoms. The highest BCUT2D eigenvalue weighted by molar-refractivity contribution is 14.0. The van der Waals surface area contributed by atoms with Gasteiger partial charge in [0.1, 0.15) is 12.0 Å². The van der Waals surface area contributed by atoms with Gasteiger partial charge in [-0.15, -0.1) is 24.0 Å². The highest BCUT2D eigenvalue weighted by Crippen LogP contribution is 2.07. The molecule has 0 saturated carbocycles.